The van der Waals surface area contributed by atoms with Crippen LogP contribution >= 0.6 is 0 Å². The average molecular weight is 380 g/mol. The first-order valence-electron chi connectivity index (χ1n) is 8.87. The van der Waals surface area contributed by atoms with Gasteiger partial charge in [-0.05, 0) is 24.3 Å². The van der Waals surface area contributed by atoms with Gasteiger partial charge in [0.15, 0.2) is 0 Å². The van der Waals surface area contributed by atoms with Crippen molar-refractivity contribution < 1.29 is 19.1 Å². The zero-order valence-electron chi connectivity index (χ0n) is 15.6. The first-order chi connectivity index (χ1) is 13.6. The highest BCUT2D eigenvalue weighted by Crippen LogP contribution is 2.36. The van der Waals surface area contributed by atoms with Gasteiger partial charge in [-0.1, -0.05) is 12.1 Å². The number of aromatic nitrogens is 2. The minimum atomic E-state index is -0.489. The summed E-state index contributed by atoms with van der Waals surface area (Å²) < 4.78 is 10.6. The molecule has 1 saturated heterocycles. The first-order valence-corrected chi connectivity index (χ1v) is 8.87. The molecule has 0 radical (unpaired) electrons. The molecule has 0 spiro atoms. The number of carbonyl (C=O) groups excluding carboxylic acids is 2. The van der Waals surface area contributed by atoms with Crippen LogP contribution in [0.15, 0.2) is 42.5 Å². The molecule has 0 bridgehead atoms. The maximum absolute atomic E-state index is 12.7. The van der Waals surface area contributed by atoms with E-state index in [0.29, 0.717) is 23.1 Å². The number of nitrogens with one attached hydrogen (secondary N) is 2. The SMILES string of the molecule is COc1ccc(OC)c(N2CC(C(=O)Nc3nc4ccccc4[nH]3)CC2=O)c1. The van der Waals surface area contributed by atoms with E-state index in [0.717, 1.165) is 11.0 Å². The summed E-state index contributed by atoms with van der Waals surface area (Å²) in [6.07, 6.45) is 0.117. The highest BCUT2D eigenvalue weighted by Gasteiger charge is 2.36. The molecule has 3 aromatic rings. The van der Waals surface area contributed by atoms with Gasteiger partial charge in [0, 0.05) is 19.0 Å². The fourth-order valence-electron chi connectivity index (χ4n) is 3.35. The Balaban J connectivity index is 1.52. The van der Waals surface area contributed by atoms with Crippen molar-refractivity contribution in [3.63, 3.8) is 0 Å². The van der Waals surface area contributed by atoms with E-state index in [1.165, 1.54) is 7.11 Å². The Labute approximate surface area is 161 Å². The molecule has 8 nitrogen and oxygen atoms in total. The van der Waals surface area contributed by atoms with Gasteiger partial charge in [-0.3, -0.25) is 14.9 Å². The van der Waals surface area contributed by atoms with E-state index in [4.69, 9.17) is 9.47 Å². The van der Waals surface area contributed by atoms with Crippen LogP contribution in [-0.4, -0.2) is 42.5 Å². The second-order valence-electron chi connectivity index (χ2n) is 6.53. The summed E-state index contributed by atoms with van der Waals surface area (Å²) in [4.78, 5) is 34.2. The Morgan fingerprint density at radius 1 is 1.21 bits per heavy atom. The number of nitrogens with zero attached hydrogens (tertiary/aromatic N) is 2. The van der Waals surface area contributed by atoms with Crippen LogP contribution in [-0.2, 0) is 9.59 Å². The van der Waals surface area contributed by atoms with Gasteiger partial charge in [0.25, 0.3) is 0 Å². The second kappa shape index (κ2) is 7.22. The number of anilines is 2. The molecule has 2 heterocycles. The topological polar surface area (TPSA) is 96.6 Å². The van der Waals surface area contributed by atoms with Gasteiger partial charge >= 0.3 is 0 Å². The molecule has 1 aliphatic rings. The molecule has 1 aromatic heterocycles. The van der Waals surface area contributed by atoms with E-state index < -0.39 is 5.92 Å². The lowest BCUT2D eigenvalue weighted by Gasteiger charge is -2.20. The predicted octanol–water partition coefficient (Wildman–Crippen LogP) is 2.57. The summed E-state index contributed by atoms with van der Waals surface area (Å²) in [6.45, 7) is 0.258. The van der Waals surface area contributed by atoms with Crippen LogP contribution in [0.3, 0.4) is 0 Å². The lowest BCUT2D eigenvalue weighted by atomic mass is 10.1. The number of hydrogen-bond acceptors (Lipinski definition) is 5. The molecule has 28 heavy (non-hydrogen) atoms. The number of methoxy groups -OCH3 is 2. The minimum absolute atomic E-state index is 0.117. The Morgan fingerprint density at radius 2 is 2.04 bits per heavy atom. The minimum Gasteiger partial charge on any atom is -0.497 e. The fraction of sp³-hybridized carbons (Fsp3) is 0.250. The Kier molecular flexibility index (Phi) is 4.60. The molecule has 144 valence electrons. The van der Waals surface area contributed by atoms with Gasteiger partial charge in [-0.2, -0.15) is 0 Å². The van der Waals surface area contributed by atoms with E-state index in [9.17, 15) is 9.59 Å². The van der Waals surface area contributed by atoms with E-state index >= 15 is 0 Å². The highest BCUT2D eigenvalue weighted by molar-refractivity contribution is 6.04. The van der Waals surface area contributed by atoms with E-state index in [1.807, 2.05) is 24.3 Å². The predicted molar refractivity (Wildman–Crippen MR) is 105 cm³/mol. The lowest BCUT2D eigenvalue weighted by molar-refractivity contribution is -0.122. The molecule has 0 aliphatic carbocycles. The zero-order valence-corrected chi connectivity index (χ0v) is 15.6. The summed E-state index contributed by atoms with van der Waals surface area (Å²) in [5.41, 5.74) is 2.19. The van der Waals surface area contributed by atoms with Gasteiger partial charge in [0.2, 0.25) is 17.8 Å². The number of rotatable bonds is 5. The molecular weight excluding hydrogens is 360 g/mol. The summed E-state index contributed by atoms with van der Waals surface area (Å²) in [6, 6.07) is 12.7. The molecule has 4 rings (SSSR count). The number of ether oxygens (including phenoxy) is 2. The fourth-order valence-corrected chi connectivity index (χ4v) is 3.35. The van der Waals surface area contributed by atoms with Gasteiger partial charge in [-0.25, -0.2) is 4.98 Å². The third kappa shape index (κ3) is 3.24. The Hall–Kier alpha value is -3.55. The first kappa shape index (κ1) is 17.8. The second-order valence-corrected chi connectivity index (χ2v) is 6.53. The van der Waals surface area contributed by atoms with Crippen LogP contribution in [0.4, 0.5) is 11.6 Å². The third-order valence-electron chi connectivity index (χ3n) is 4.80. The Bertz CT molecular complexity index is 1010. The normalized spacial score (nSPS) is 16.4. The lowest BCUT2D eigenvalue weighted by Crippen LogP contribution is -2.28. The number of aromatic amines is 1. The van der Waals surface area contributed by atoms with E-state index in [-0.39, 0.29) is 24.8 Å². The number of fused-ring (bicyclic) bond motifs is 1. The van der Waals surface area contributed by atoms with Gasteiger partial charge < -0.3 is 19.4 Å². The maximum Gasteiger partial charge on any atom is 0.232 e. The van der Waals surface area contributed by atoms with Crippen LogP contribution < -0.4 is 19.7 Å². The van der Waals surface area contributed by atoms with Crippen LogP contribution in [0, 0.1) is 5.92 Å². The smallest absolute Gasteiger partial charge is 0.232 e. The zero-order chi connectivity index (χ0) is 19.7. The maximum atomic E-state index is 12.7. The number of amides is 2. The van der Waals surface area contributed by atoms with Crippen molar-refractivity contribution in [3.8, 4) is 11.5 Å². The van der Waals surface area contributed by atoms with Gasteiger partial charge in [-0.15, -0.1) is 0 Å². The number of para-hydroxylation sites is 2. The van der Waals surface area contributed by atoms with Crippen molar-refractivity contribution in [2.45, 2.75) is 6.42 Å². The van der Waals surface area contributed by atoms with E-state index in [1.54, 1.807) is 30.2 Å². The molecule has 1 unspecified atom stereocenters. The molecule has 1 aliphatic heterocycles. The standard InChI is InChI=1S/C20H20N4O4/c1-27-13-7-8-17(28-2)16(10-13)24-11-12(9-18(24)25)19(26)23-20-21-14-5-3-4-6-15(14)22-20/h3-8,10,12H,9,11H2,1-2H3,(H2,21,22,23,26). The number of carbonyl (C=O) groups is 2. The van der Waals surface area contributed by atoms with Crippen molar-refractivity contribution in [1.29, 1.82) is 0 Å². The molecule has 1 fully saturated rings. The molecule has 2 aromatic carbocycles. The summed E-state index contributed by atoms with van der Waals surface area (Å²) in [7, 11) is 3.10. The van der Waals surface area contributed by atoms with Crippen molar-refractivity contribution in [1.82, 2.24) is 9.97 Å². The van der Waals surface area contributed by atoms with Crippen LogP contribution in [0.5, 0.6) is 11.5 Å². The highest BCUT2D eigenvalue weighted by atomic mass is 16.5. The molecule has 2 amide bonds. The molecule has 1 atom stereocenters. The van der Waals surface area contributed by atoms with Crippen molar-refractivity contribution in [2.24, 2.45) is 5.92 Å². The number of imidazole rings is 1. The molecule has 2 N–H and O–H groups in total. The summed E-state index contributed by atoms with van der Waals surface area (Å²) in [5.74, 6) is 0.645. The van der Waals surface area contributed by atoms with Crippen LogP contribution in [0.2, 0.25) is 0 Å². The Morgan fingerprint density at radius 3 is 2.79 bits per heavy atom. The van der Waals surface area contributed by atoms with Gasteiger partial charge in [0.1, 0.15) is 11.5 Å². The van der Waals surface area contributed by atoms with Crippen molar-refractivity contribution >= 4 is 34.5 Å². The van der Waals surface area contributed by atoms with Crippen molar-refractivity contribution in [2.75, 3.05) is 31.0 Å². The largest absolute Gasteiger partial charge is 0.497 e. The quantitative estimate of drug-likeness (QED) is 0.709. The summed E-state index contributed by atoms with van der Waals surface area (Å²) in [5, 5.41) is 2.78. The van der Waals surface area contributed by atoms with Crippen LogP contribution in [0.1, 0.15) is 6.42 Å². The average Bonchev–Trinajstić information content (AvgIpc) is 3.30. The van der Waals surface area contributed by atoms with Crippen LogP contribution in [0.25, 0.3) is 11.0 Å². The molecular formula is C20H20N4O4. The number of hydrogen-bond donors (Lipinski definition) is 2. The van der Waals surface area contributed by atoms with E-state index in [2.05, 4.69) is 15.3 Å². The number of H-pyrrole nitrogens is 1. The molecule has 8 heteroatoms. The number of benzene rings is 2. The monoisotopic (exact) mass is 380 g/mol. The van der Waals surface area contributed by atoms with Gasteiger partial charge in [0.05, 0.1) is 36.9 Å². The van der Waals surface area contributed by atoms with Crippen molar-refractivity contribution in [3.05, 3.63) is 42.5 Å². The summed E-state index contributed by atoms with van der Waals surface area (Å²) >= 11 is 0. The molecule has 0 saturated carbocycles. The third-order valence-corrected chi connectivity index (χ3v) is 4.80.